The zero-order valence-corrected chi connectivity index (χ0v) is 22.3. The number of likely N-dealkylation sites (N-methyl/N-ethyl adjacent to an activating group) is 1. The lowest BCUT2D eigenvalue weighted by Crippen LogP contribution is -2.42. The van der Waals surface area contributed by atoms with Crippen molar-refractivity contribution >= 4 is 22.5 Å². The van der Waals surface area contributed by atoms with Gasteiger partial charge in [-0.3, -0.25) is 9.20 Å². The zero-order chi connectivity index (χ0) is 25.6. The van der Waals surface area contributed by atoms with Gasteiger partial charge in [-0.15, -0.1) is 0 Å². The molecule has 0 spiro atoms. The van der Waals surface area contributed by atoms with Crippen LogP contribution in [0.25, 0.3) is 27.8 Å². The van der Waals surface area contributed by atoms with E-state index in [-0.39, 0.29) is 5.91 Å². The highest BCUT2D eigenvalue weighted by molar-refractivity contribution is 5.92. The molecule has 7 nitrogen and oxygen atoms in total. The standard InChI is InChI=1S/C29H37N5O2/c1-18(2)28-23-13-21(20-9-11-33(12-10-20)26(35)17-32(4)5)7-8-24(23)31-29(28)22-14-25-30-19(3)16-34(25)27(15-22)36-6/h7-8,13-16,18,20,31H,9-12,17H2,1-6H3. The van der Waals surface area contributed by atoms with E-state index in [9.17, 15) is 4.79 Å². The van der Waals surface area contributed by atoms with Gasteiger partial charge in [0.25, 0.3) is 0 Å². The number of piperidine rings is 1. The van der Waals surface area contributed by atoms with Crippen molar-refractivity contribution in [3.05, 3.63) is 53.3 Å². The van der Waals surface area contributed by atoms with Crippen LogP contribution in [0.5, 0.6) is 5.88 Å². The molecule has 1 amide bonds. The molecule has 0 saturated carbocycles. The first kappa shape index (κ1) is 24.4. The molecule has 4 heterocycles. The highest BCUT2D eigenvalue weighted by Crippen LogP contribution is 2.39. The molecule has 0 unspecified atom stereocenters. The van der Waals surface area contributed by atoms with Gasteiger partial charge in [-0.25, -0.2) is 4.98 Å². The van der Waals surface area contributed by atoms with Crippen LogP contribution < -0.4 is 4.74 Å². The number of nitrogens with one attached hydrogen (secondary N) is 1. The Morgan fingerprint density at radius 3 is 2.61 bits per heavy atom. The molecule has 4 aromatic rings. The SMILES string of the molecule is COc1cc(-c2[nH]c3ccc(C4CCN(C(=O)CN(C)C)CC4)cc3c2C(C)C)cc2nc(C)cn12. The van der Waals surface area contributed by atoms with Gasteiger partial charge in [0.2, 0.25) is 5.91 Å². The summed E-state index contributed by atoms with van der Waals surface area (Å²) in [5, 5.41) is 1.28. The van der Waals surface area contributed by atoms with Gasteiger partial charge in [0, 0.05) is 41.8 Å². The number of aryl methyl sites for hydroxylation is 1. The summed E-state index contributed by atoms with van der Waals surface area (Å²) in [5.41, 5.74) is 7.89. The molecule has 0 radical (unpaired) electrons. The van der Waals surface area contributed by atoms with Crippen LogP contribution >= 0.6 is 0 Å². The van der Waals surface area contributed by atoms with Crippen LogP contribution in [0.2, 0.25) is 0 Å². The molecule has 190 valence electrons. The number of carbonyl (C=O) groups excluding carboxylic acids is 1. The lowest BCUT2D eigenvalue weighted by molar-refractivity contribution is -0.132. The molecule has 7 heteroatoms. The second kappa shape index (κ2) is 9.62. The molecular formula is C29H37N5O2. The van der Waals surface area contributed by atoms with E-state index in [0.29, 0.717) is 18.4 Å². The average Bonchev–Trinajstić information content (AvgIpc) is 3.42. The van der Waals surface area contributed by atoms with E-state index in [1.165, 1.54) is 16.5 Å². The number of likely N-dealkylation sites (tertiary alicyclic amines) is 1. The summed E-state index contributed by atoms with van der Waals surface area (Å²) in [5.74, 6) is 1.82. The molecule has 1 aromatic carbocycles. The predicted octanol–water partition coefficient (Wildman–Crippen LogP) is 5.19. The minimum Gasteiger partial charge on any atom is -0.482 e. The molecule has 0 bridgehead atoms. The van der Waals surface area contributed by atoms with Gasteiger partial charge in [0.15, 0.2) is 5.88 Å². The molecule has 1 saturated heterocycles. The van der Waals surface area contributed by atoms with Crippen LogP contribution in [0.1, 0.15) is 55.3 Å². The lowest BCUT2D eigenvalue weighted by atomic mass is 9.87. The van der Waals surface area contributed by atoms with Crippen molar-refractivity contribution in [3.63, 3.8) is 0 Å². The Morgan fingerprint density at radius 2 is 1.94 bits per heavy atom. The quantitative estimate of drug-likeness (QED) is 0.406. The number of pyridine rings is 1. The number of fused-ring (bicyclic) bond motifs is 2. The maximum absolute atomic E-state index is 12.5. The Kier molecular flexibility index (Phi) is 6.51. The number of ether oxygens (including phenoxy) is 1. The zero-order valence-electron chi connectivity index (χ0n) is 22.3. The summed E-state index contributed by atoms with van der Waals surface area (Å²) < 4.78 is 7.69. The number of rotatable bonds is 6. The summed E-state index contributed by atoms with van der Waals surface area (Å²) in [6.07, 6.45) is 4.01. The van der Waals surface area contributed by atoms with Crippen molar-refractivity contribution in [2.75, 3.05) is 40.8 Å². The first-order valence-electron chi connectivity index (χ1n) is 12.9. The number of amides is 1. The number of hydrogen-bond donors (Lipinski definition) is 1. The van der Waals surface area contributed by atoms with Crippen molar-refractivity contribution in [1.82, 2.24) is 24.2 Å². The van der Waals surface area contributed by atoms with Crippen LogP contribution in [0, 0.1) is 6.92 Å². The third-order valence-corrected chi connectivity index (χ3v) is 7.36. The fraction of sp³-hybridized carbons (Fsp3) is 0.448. The first-order chi connectivity index (χ1) is 17.2. The third kappa shape index (κ3) is 4.48. The van der Waals surface area contributed by atoms with E-state index in [0.717, 1.165) is 59.9 Å². The predicted molar refractivity (Wildman–Crippen MR) is 145 cm³/mol. The molecule has 0 atom stereocenters. The van der Waals surface area contributed by atoms with E-state index in [1.54, 1.807) is 7.11 Å². The monoisotopic (exact) mass is 487 g/mol. The summed E-state index contributed by atoms with van der Waals surface area (Å²) >= 11 is 0. The van der Waals surface area contributed by atoms with Gasteiger partial charge in [-0.1, -0.05) is 19.9 Å². The Labute approximate surface area is 213 Å². The van der Waals surface area contributed by atoms with Crippen molar-refractivity contribution in [3.8, 4) is 17.1 Å². The van der Waals surface area contributed by atoms with Gasteiger partial charge in [0.05, 0.1) is 25.0 Å². The molecule has 1 fully saturated rings. The number of benzene rings is 1. The van der Waals surface area contributed by atoms with Crippen LogP contribution in [-0.4, -0.2) is 70.9 Å². The van der Waals surface area contributed by atoms with Crippen LogP contribution in [0.3, 0.4) is 0 Å². The van der Waals surface area contributed by atoms with E-state index in [4.69, 9.17) is 4.74 Å². The van der Waals surface area contributed by atoms with E-state index >= 15 is 0 Å². The number of methoxy groups -OCH3 is 1. The molecule has 1 aliphatic rings. The molecule has 36 heavy (non-hydrogen) atoms. The Balaban J connectivity index is 1.49. The van der Waals surface area contributed by atoms with Gasteiger partial charge in [-0.05, 0) is 75.0 Å². The van der Waals surface area contributed by atoms with Crippen LogP contribution in [0.15, 0.2) is 36.5 Å². The maximum Gasteiger partial charge on any atom is 0.236 e. The normalized spacial score (nSPS) is 15.1. The van der Waals surface area contributed by atoms with E-state index < -0.39 is 0 Å². The topological polar surface area (TPSA) is 65.9 Å². The van der Waals surface area contributed by atoms with Crippen LogP contribution in [-0.2, 0) is 4.79 Å². The number of H-pyrrole nitrogens is 1. The van der Waals surface area contributed by atoms with Gasteiger partial charge in [0.1, 0.15) is 5.65 Å². The number of aromatic amines is 1. The first-order valence-corrected chi connectivity index (χ1v) is 12.9. The fourth-order valence-electron chi connectivity index (χ4n) is 5.62. The number of aromatic nitrogens is 3. The van der Waals surface area contributed by atoms with Gasteiger partial charge >= 0.3 is 0 Å². The largest absolute Gasteiger partial charge is 0.482 e. The Bertz CT molecular complexity index is 1410. The Morgan fingerprint density at radius 1 is 1.19 bits per heavy atom. The molecule has 1 aliphatic heterocycles. The number of nitrogens with zero attached hydrogens (tertiary/aromatic N) is 4. The molecule has 3 aromatic heterocycles. The highest BCUT2D eigenvalue weighted by Gasteiger charge is 2.25. The second-order valence-electron chi connectivity index (χ2n) is 10.7. The number of imidazole rings is 1. The van der Waals surface area contributed by atoms with E-state index in [2.05, 4.69) is 54.1 Å². The lowest BCUT2D eigenvalue weighted by Gasteiger charge is -2.33. The minimum atomic E-state index is 0.228. The maximum atomic E-state index is 12.5. The average molecular weight is 488 g/mol. The summed E-state index contributed by atoms with van der Waals surface area (Å²) in [6.45, 7) is 8.64. The number of carbonyl (C=O) groups is 1. The minimum absolute atomic E-state index is 0.228. The molecule has 5 rings (SSSR count). The van der Waals surface area contributed by atoms with Crippen molar-refractivity contribution in [2.24, 2.45) is 0 Å². The Hall–Kier alpha value is -3.32. The fourth-order valence-corrected chi connectivity index (χ4v) is 5.62. The highest BCUT2D eigenvalue weighted by atomic mass is 16.5. The van der Waals surface area contributed by atoms with Crippen LogP contribution in [0.4, 0.5) is 0 Å². The summed E-state index contributed by atoms with van der Waals surface area (Å²) in [4.78, 5) is 24.8. The molecule has 0 aliphatic carbocycles. The van der Waals surface area contributed by atoms with E-state index in [1.807, 2.05) is 41.4 Å². The van der Waals surface area contributed by atoms with Gasteiger partial charge in [-0.2, -0.15) is 0 Å². The number of hydrogen-bond acceptors (Lipinski definition) is 4. The molecular weight excluding hydrogens is 450 g/mol. The third-order valence-electron chi connectivity index (χ3n) is 7.36. The summed E-state index contributed by atoms with van der Waals surface area (Å²) in [6, 6.07) is 11.1. The second-order valence-corrected chi connectivity index (χ2v) is 10.7. The molecule has 1 N–H and O–H groups in total. The van der Waals surface area contributed by atoms with Gasteiger partial charge < -0.3 is 19.5 Å². The summed E-state index contributed by atoms with van der Waals surface area (Å²) in [7, 11) is 5.59. The van der Waals surface area contributed by atoms with Crippen molar-refractivity contribution < 1.29 is 9.53 Å². The smallest absolute Gasteiger partial charge is 0.236 e. The van der Waals surface area contributed by atoms with Crippen molar-refractivity contribution in [1.29, 1.82) is 0 Å². The van der Waals surface area contributed by atoms with Crippen molar-refractivity contribution in [2.45, 2.75) is 45.4 Å².